The van der Waals surface area contributed by atoms with Crippen LogP contribution in [0.15, 0.2) is 16.9 Å². The topological polar surface area (TPSA) is 66.3 Å². The monoisotopic (exact) mass is 169 g/mol. The molecule has 1 aromatic rings. The summed E-state index contributed by atoms with van der Waals surface area (Å²) in [5, 5.41) is 14.5. The molecule has 0 aliphatic rings. The van der Waals surface area contributed by atoms with Crippen molar-refractivity contribution >= 4 is 11.5 Å². The highest BCUT2D eigenvalue weighted by Crippen LogP contribution is 2.05. The standard InChI is InChI=1S/C7H11N3O2/c1-8-5-3-4-6(9-2)10(12)7(5)11/h3-4,8-9,12H,1-2H3. The van der Waals surface area contributed by atoms with Gasteiger partial charge >= 0.3 is 5.56 Å². The van der Waals surface area contributed by atoms with Gasteiger partial charge in [0.25, 0.3) is 0 Å². The van der Waals surface area contributed by atoms with E-state index in [2.05, 4.69) is 10.6 Å². The molecule has 12 heavy (non-hydrogen) atoms. The van der Waals surface area contributed by atoms with Gasteiger partial charge in [0, 0.05) is 14.1 Å². The van der Waals surface area contributed by atoms with Crippen LogP contribution in [0.25, 0.3) is 0 Å². The highest BCUT2D eigenvalue weighted by atomic mass is 16.5. The van der Waals surface area contributed by atoms with E-state index in [4.69, 9.17) is 0 Å². The first-order valence-corrected chi connectivity index (χ1v) is 3.51. The van der Waals surface area contributed by atoms with Crippen molar-refractivity contribution in [3.63, 3.8) is 0 Å². The minimum Gasteiger partial charge on any atom is -0.423 e. The minimum atomic E-state index is -0.468. The Kier molecular flexibility index (Phi) is 2.23. The lowest BCUT2D eigenvalue weighted by Gasteiger charge is -2.06. The molecule has 0 spiro atoms. The third kappa shape index (κ3) is 1.20. The third-order valence-corrected chi connectivity index (χ3v) is 1.58. The fraction of sp³-hybridized carbons (Fsp3) is 0.286. The lowest BCUT2D eigenvalue weighted by molar-refractivity contribution is 0.181. The molecule has 0 bridgehead atoms. The minimum absolute atomic E-state index is 0.358. The third-order valence-electron chi connectivity index (χ3n) is 1.58. The fourth-order valence-electron chi connectivity index (χ4n) is 0.907. The molecule has 0 saturated heterocycles. The van der Waals surface area contributed by atoms with Crippen LogP contribution in [-0.2, 0) is 0 Å². The summed E-state index contributed by atoms with van der Waals surface area (Å²) in [5.74, 6) is 0.360. The van der Waals surface area contributed by atoms with Crippen LogP contribution in [0.3, 0.4) is 0 Å². The van der Waals surface area contributed by atoms with Crippen molar-refractivity contribution in [2.75, 3.05) is 24.7 Å². The number of anilines is 2. The quantitative estimate of drug-likeness (QED) is 0.552. The van der Waals surface area contributed by atoms with Gasteiger partial charge in [-0.1, -0.05) is 0 Å². The molecule has 1 rings (SSSR count). The summed E-state index contributed by atoms with van der Waals surface area (Å²) in [7, 11) is 3.25. The smallest absolute Gasteiger partial charge is 0.308 e. The fourth-order valence-corrected chi connectivity index (χ4v) is 0.907. The van der Waals surface area contributed by atoms with E-state index in [0.29, 0.717) is 16.2 Å². The summed E-state index contributed by atoms with van der Waals surface area (Å²) < 4.78 is 0.561. The van der Waals surface area contributed by atoms with Gasteiger partial charge in [-0.05, 0) is 12.1 Å². The van der Waals surface area contributed by atoms with Gasteiger partial charge in [-0.25, -0.2) is 0 Å². The summed E-state index contributed by atoms with van der Waals surface area (Å²) in [6, 6.07) is 3.20. The van der Waals surface area contributed by atoms with Crippen LogP contribution in [-0.4, -0.2) is 24.0 Å². The van der Waals surface area contributed by atoms with E-state index in [1.54, 1.807) is 26.2 Å². The maximum Gasteiger partial charge on any atom is 0.308 e. The Bertz CT molecular complexity index is 332. The van der Waals surface area contributed by atoms with Gasteiger partial charge < -0.3 is 15.8 Å². The molecule has 0 amide bonds. The Balaban J connectivity index is 3.30. The predicted octanol–water partition coefficient (Wildman–Crippen LogP) is 0.169. The van der Waals surface area contributed by atoms with Crippen LogP contribution in [0.1, 0.15) is 0 Å². The molecule has 1 heterocycles. The molecule has 0 fully saturated rings. The summed E-state index contributed by atoms with van der Waals surface area (Å²) in [6.07, 6.45) is 0. The van der Waals surface area contributed by atoms with E-state index in [-0.39, 0.29) is 0 Å². The van der Waals surface area contributed by atoms with Gasteiger partial charge in [0.2, 0.25) is 0 Å². The molecule has 0 radical (unpaired) electrons. The Hall–Kier alpha value is -1.65. The first-order chi connectivity index (χ1) is 5.70. The number of hydrogen-bond donors (Lipinski definition) is 3. The number of aromatic nitrogens is 1. The van der Waals surface area contributed by atoms with Crippen LogP contribution in [0.5, 0.6) is 0 Å². The van der Waals surface area contributed by atoms with E-state index in [1.165, 1.54) is 0 Å². The van der Waals surface area contributed by atoms with Gasteiger partial charge in [-0.3, -0.25) is 4.79 Å². The van der Waals surface area contributed by atoms with E-state index in [9.17, 15) is 10.0 Å². The second kappa shape index (κ2) is 3.17. The van der Waals surface area contributed by atoms with Crippen molar-refractivity contribution in [2.24, 2.45) is 0 Å². The van der Waals surface area contributed by atoms with Crippen molar-refractivity contribution in [3.8, 4) is 0 Å². The zero-order valence-electron chi connectivity index (χ0n) is 6.96. The number of hydrogen-bond acceptors (Lipinski definition) is 4. The van der Waals surface area contributed by atoms with E-state index < -0.39 is 5.56 Å². The van der Waals surface area contributed by atoms with Crippen molar-refractivity contribution in [3.05, 3.63) is 22.5 Å². The van der Waals surface area contributed by atoms with Gasteiger partial charge in [-0.15, -0.1) is 4.73 Å². The molecule has 5 nitrogen and oxygen atoms in total. The van der Waals surface area contributed by atoms with Crippen LogP contribution >= 0.6 is 0 Å². The molecule has 0 aliphatic carbocycles. The molecule has 1 aromatic heterocycles. The molecule has 0 saturated carbocycles. The van der Waals surface area contributed by atoms with Crippen LogP contribution in [0.4, 0.5) is 11.5 Å². The van der Waals surface area contributed by atoms with Crippen molar-refractivity contribution in [1.29, 1.82) is 0 Å². The largest absolute Gasteiger partial charge is 0.423 e. The Morgan fingerprint density at radius 2 is 2.00 bits per heavy atom. The lowest BCUT2D eigenvalue weighted by Crippen LogP contribution is -2.22. The maximum absolute atomic E-state index is 11.2. The van der Waals surface area contributed by atoms with E-state index >= 15 is 0 Å². The molecular formula is C7H11N3O2. The summed E-state index contributed by atoms with van der Waals surface area (Å²) in [6.45, 7) is 0. The molecule has 0 unspecified atom stereocenters. The zero-order chi connectivity index (χ0) is 9.14. The van der Waals surface area contributed by atoms with Gasteiger partial charge in [0.05, 0.1) is 0 Å². The normalized spacial score (nSPS) is 9.50. The molecule has 0 atom stereocenters. The lowest BCUT2D eigenvalue weighted by atomic mass is 10.4. The molecule has 66 valence electrons. The number of nitrogens with zero attached hydrogens (tertiary/aromatic N) is 1. The second-order valence-corrected chi connectivity index (χ2v) is 2.25. The summed E-state index contributed by atoms with van der Waals surface area (Å²) in [5.41, 5.74) is -0.110. The van der Waals surface area contributed by atoms with E-state index in [1.807, 2.05) is 0 Å². The molecule has 0 aliphatic heterocycles. The second-order valence-electron chi connectivity index (χ2n) is 2.25. The van der Waals surface area contributed by atoms with Gasteiger partial charge in [-0.2, -0.15) is 0 Å². The highest BCUT2D eigenvalue weighted by Gasteiger charge is 2.03. The van der Waals surface area contributed by atoms with E-state index in [0.717, 1.165) is 0 Å². The molecular weight excluding hydrogens is 158 g/mol. The Labute approximate surface area is 69.6 Å². The van der Waals surface area contributed by atoms with Crippen molar-refractivity contribution in [2.45, 2.75) is 0 Å². The molecule has 3 N–H and O–H groups in total. The Morgan fingerprint density at radius 1 is 1.33 bits per heavy atom. The maximum atomic E-state index is 11.2. The van der Waals surface area contributed by atoms with Crippen molar-refractivity contribution in [1.82, 2.24) is 4.73 Å². The SMILES string of the molecule is CNc1ccc(NC)n(O)c1=O. The first-order valence-electron chi connectivity index (χ1n) is 3.51. The van der Waals surface area contributed by atoms with Crippen LogP contribution in [0.2, 0.25) is 0 Å². The number of rotatable bonds is 2. The summed E-state index contributed by atoms with van der Waals surface area (Å²) >= 11 is 0. The predicted molar refractivity (Wildman–Crippen MR) is 47.0 cm³/mol. The van der Waals surface area contributed by atoms with Crippen molar-refractivity contribution < 1.29 is 5.21 Å². The van der Waals surface area contributed by atoms with Crippen LogP contribution < -0.4 is 16.2 Å². The highest BCUT2D eigenvalue weighted by molar-refractivity contribution is 5.47. The zero-order valence-corrected chi connectivity index (χ0v) is 6.96. The number of pyridine rings is 1. The van der Waals surface area contributed by atoms with Gasteiger partial charge in [0.15, 0.2) is 0 Å². The number of nitrogens with one attached hydrogen (secondary N) is 2. The van der Waals surface area contributed by atoms with Crippen LogP contribution in [0, 0.1) is 0 Å². The average molecular weight is 169 g/mol. The Morgan fingerprint density at radius 3 is 2.50 bits per heavy atom. The van der Waals surface area contributed by atoms with Gasteiger partial charge in [0.1, 0.15) is 11.5 Å². The molecule has 0 aromatic carbocycles. The average Bonchev–Trinajstić information content (AvgIpc) is 2.10. The summed E-state index contributed by atoms with van der Waals surface area (Å²) in [4.78, 5) is 11.2. The first kappa shape index (κ1) is 8.45. The molecule has 5 heteroatoms.